The van der Waals surface area contributed by atoms with Crippen molar-refractivity contribution in [1.82, 2.24) is 5.32 Å². The van der Waals surface area contributed by atoms with Crippen LogP contribution in [0, 0.1) is 6.92 Å². The van der Waals surface area contributed by atoms with Crippen LogP contribution < -0.4 is 10.6 Å². The first kappa shape index (κ1) is 16.5. The third-order valence-electron chi connectivity index (χ3n) is 2.99. The van der Waals surface area contributed by atoms with Crippen LogP contribution in [0.2, 0.25) is 5.02 Å². The van der Waals surface area contributed by atoms with Crippen LogP contribution in [-0.4, -0.2) is 23.5 Å². The van der Waals surface area contributed by atoms with Crippen LogP contribution >= 0.6 is 22.9 Å². The van der Waals surface area contributed by atoms with Gasteiger partial charge in [-0.15, -0.1) is 11.3 Å². The van der Waals surface area contributed by atoms with Crippen molar-refractivity contribution < 1.29 is 14.7 Å². The number of aliphatic hydroxyl groups is 1. The number of carbonyl (C=O) groups is 2. The van der Waals surface area contributed by atoms with Gasteiger partial charge in [0.2, 0.25) is 0 Å². The summed E-state index contributed by atoms with van der Waals surface area (Å²) in [5.74, 6) is -1.66. The summed E-state index contributed by atoms with van der Waals surface area (Å²) in [6.07, 6.45) is -0.836. The van der Waals surface area contributed by atoms with Crippen LogP contribution in [0.3, 0.4) is 0 Å². The van der Waals surface area contributed by atoms with Gasteiger partial charge < -0.3 is 15.7 Å². The van der Waals surface area contributed by atoms with E-state index in [1.165, 1.54) is 11.3 Å². The van der Waals surface area contributed by atoms with Gasteiger partial charge in [0.1, 0.15) is 6.10 Å². The lowest BCUT2D eigenvalue weighted by Gasteiger charge is -2.12. The number of anilines is 1. The maximum atomic E-state index is 11.8. The Morgan fingerprint density at radius 2 is 2.00 bits per heavy atom. The molecule has 1 aromatic heterocycles. The highest BCUT2D eigenvalue weighted by Crippen LogP contribution is 2.23. The van der Waals surface area contributed by atoms with E-state index in [-0.39, 0.29) is 6.54 Å². The zero-order valence-corrected chi connectivity index (χ0v) is 13.4. The Labute approximate surface area is 136 Å². The van der Waals surface area contributed by atoms with Crippen LogP contribution in [0.25, 0.3) is 0 Å². The zero-order chi connectivity index (χ0) is 16.1. The first-order chi connectivity index (χ1) is 10.5. The molecule has 0 radical (unpaired) electrons. The largest absolute Gasteiger partial charge is 0.386 e. The number of halogens is 1. The summed E-state index contributed by atoms with van der Waals surface area (Å²) < 4.78 is 0. The monoisotopic (exact) mass is 338 g/mol. The molecule has 3 N–H and O–H groups in total. The summed E-state index contributed by atoms with van der Waals surface area (Å²) in [5.41, 5.74) is 1.31. The van der Waals surface area contributed by atoms with Gasteiger partial charge in [-0.05, 0) is 36.1 Å². The predicted octanol–water partition coefficient (Wildman–Crippen LogP) is 2.50. The molecule has 2 aromatic rings. The molecule has 116 valence electrons. The van der Waals surface area contributed by atoms with E-state index in [4.69, 9.17) is 11.6 Å². The van der Waals surface area contributed by atoms with Crippen molar-refractivity contribution >= 4 is 40.4 Å². The summed E-state index contributed by atoms with van der Waals surface area (Å²) in [4.78, 5) is 24.3. The maximum absolute atomic E-state index is 11.8. The number of hydrogen-bond donors (Lipinski definition) is 3. The molecular formula is C15H15ClN2O3S. The van der Waals surface area contributed by atoms with Gasteiger partial charge in [0.05, 0.1) is 10.7 Å². The molecule has 0 aliphatic carbocycles. The minimum absolute atomic E-state index is 0.0316. The number of aryl methyl sites for hydroxylation is 1. The molecule has 0 spiro atoms. The third-order valence-corrected chi connectivity index (χ3v) is 4.44. The van der Waals surface area contributed by atoms with Gasteiger partial charge in [-0.2, -0.15) is 0 Å². The lowest BCUT2D eigenvalue weighted by Crippen LogP contribution is -2.37. The highest BCUT2D eigenvalue weighted by Gasteiger charge is 2.18. The Hall–Kier alpha value is -1.89. The quantitative estimate of drug-likeness (QED) is 0.749. The molecule has 0 unspecified atom stereocenters. The minimum atomic E-state index is -0.836. The Balaban J connectivity index is 1.88. The summed E-state index contributed by atoms with van der Waals surface area (Å²) in [6, 6.07) is 8.51. The van der Waals surface area contributed by atoms with Crippen LogP contribution in [0.15, 0.2) is 35.7 Å². The Morgan fingerprint density at radius 3 is 2.64 bits per heavy atom. The number of nitrogens with one attached hydrogen (secondary N) is 2. The minimum Gasteiger partial charge on any atom is -0.386 e. The standard InChI is InChI=1S/C15H15ClN2O3S/c1-9-6-7-22-13(9)12(19)8-17-14(20)15(21)18-11-5-3-2-4-10(11)16/h2-7,12,19H,8H2,1H3,(H,17,20)(H,18,21)/t12-/m1/s1. The van der Waals surface area contributed by atoms with Crippen molar-refractivity contribution in [2.45, 2.75) is 13.0 Å². The number of carbonyl (C=O) groups excluding carboxylic acids is 2. The first-order valence-corrected chi connectivity index (χ1v) is 7.80. The number of thiophene rings is 1. The second kappa shape index (κ2) is 7.40. The fourth-order valence-electron chi connectivity index (χ4n) is 1.83. The Morgan fingerprint density at radius 1 is 1.27 bits per heavy atom. The van der Waals surface area contributed by atoms with Gasteiger partial charge in [0, 0.05) is 11.4 Å². The van der Waals surface area contributed by atoms with Crippen molar-refractivity contribution in [3.8, 4) is 0 Å². The molecule has 0 saturated heterocycles. The van der Waals surface area contributed by atoms with Crippen molar-refractivity contribution in [3.63, 3.8) is 0 Å². The topological polar surface area (TPSA) is 78.4 Å². The number of para-hydroxylation sites is 1. The number of hydrogen-bond acceptors (Lipinski definition) is 4. The predicted molar refractivity (Wildman–Crippen MR) is 87.1 cm³/mol. The molecule has 1 aromatic carbocycles. The molecule has 2 amide bonds. The van der Waals surface area contributed by atoms with Crippen molar-refractivity contribution in [3.05, 3.63) is 51.2 Å². The number of benzene rings is 1. The molecule has 1 heterocycles. The molecule has 0 saturated carbocycles. The van der Waals surface area contributed by atoms with Gasteiger partial charge in [-0.25, -0.2) is 0 Å². The smallest absolute Gasteiger partial charge is 0.313 e. The lowest BCUT2D eigenvalue weighted by molar-refractivity contribution is -0.136. The molecule has 1 atom stereocenters. The van der Waals surface area contributed by atoms with Crippen LogP contribution in [0.4, 0.5) is 5.69 Å². The highest BCUT2D eigenvalue weighted by atomic mass is 35.5. The third kappa shape index (κ3) is 4.07. The number of aliphatic hydroxyl groups excluding tert-OH is 1. The molecule has 0 aliphatic heterocycles. The summed E-state index contributed by atoms with van der Waals surface area (Å²) in [5, 5.41) is 17.0. The first-order valence-electron chi connectivity index (χ1n) is 6.55. The second-order valence-corrected chi connectivity index (χ2v) is 5.98. The zero-order valence-electron chi connectivity index (χ0n) is 11.8. The number of amides is 2. The molecule has 0 bridgehead atoms. The van der Waals surface area contributed by atoms with Crippen LogP contribution in [0.1, 0.15) is 16.5 Å². The van der Waals surface area contributed by atoms with Gasteiger partial charge in [0.15, 0.2) is 0 Å². The highest BCUT2D eigenvalue weighted by molar-refractivity contribution is 7.10. The summed E-state index contributed by atoms with van der Waals surface area (Å²) in [6.45, 7) is 1.84. The molecule has 7 heteroatoms. The van der Waals surface area contributed by atoms with E-state index in [9.17, 15) is 14.7 Å². The van der Waals surface area contributed by atoms with Crippen LogP contribution in [-0.2, 0) is 9.59 Å². The van der Waals surface area contributed by atoms with Gasteiger partial charge in [0.25, 0.3) is 0 Å². The van der Waals surface area contributed by atoms with Gasteiger partial charge in [-0.1, -0.05) is 23.7 Å². The molecular weight excluding hydrogens is 324 g/mol. The Kier molecular flexibility index (Phi) is 5.54. The van der Waals surface area contributed by atoms with E-state index >= 15 is 0 Å². The molecule has 0 fully saturated rings. The average Bonchev–Trinajstić information content (AvgIpc) is 2.93. The van der Waals surface area contributed by atoms with E-state index in [0.29, 0.717) is 10.7 Å². The van der Waals surface area contributed by atoms with E-state index in [0.717, 1.165) is 10.4 Å². The van der Waals surface area contributed by atoms with E-state index in [1.807, 2.05) is 18.4 Å². The number of rotatable bonds is 4. The van der Waals surface area contributed by atoms with Gasteiger partial charge in [-0.3, -0.25) is 9.59 Å². The van der Waals surface area contributed by atoms with Crippen molar-refractivity contribution in [1.29, 1.82) is 0 Å². The normalized spacial score (nSPS) is 11.8. The Bertz CT molecular complexity index is 687. The average molecular weight is 339 g/mol. The van der Waals surface area contributed by atoms with Gasteiger partial charge >= 0.3 is 11.8 Å². The van der Waals surface area contributed by atoms with E-state index in [2.05, 4.69) is 10.6 Å². The summed E-state index contributed by atoms with van der Waals surface area (Å²) >= 11 is 7.30. The van der Waals surface area contributed by atoms with Crippen LogP contribution in [0.5, 0.6) is 0 Å². The van der Waals surface area contributed by atoms with Crippen molar-refractivity contribution in [2.24, 2.45) is 0 Å². The maximum Gasteiger partial charge on any atom is 0.313 e. The molecule has 5 nitrogen and oxygen atoms in total. The molecule has 22 heavy (non-hydrogen) atoms. The van der Waals surface area contributed by atoms with Crippen molar-refractivity contribution in [2.75, 3.05) is 11.9 Å². The SMILES string of the molecule is Cc1ccsc1[C@H](O)CNC(=O)C(=O)Nc1ccccc1Cl. The molecule has 2 rings (SSSR count). The lowest BCUT2D eigenvalue weighted by atomic mass is 10.2. The summed E-state index contributed by atoms with van der Waals surface area (Å²) in [7, 11) is 0. The van der Waals surface area contributed by atoms with E-state index < -0.39 is 17.9 Å². The second-order valence-electron chi connectivity index (χ2n) is 4.63. The molecule has 0 aliphatic rings. The fraction of sp³-hybridized carbons (Fsp3) is 0.200. The fourth-order valence-corrected chi connectivity index (χ4v) is 2.93. The van der Waals surface area contributed by atoms with E-state index in [1.54, 1.807) is 24.3 Å².